The smallest absolute Gasteiger partial charge is 0.352 e. The summed E-state index contributed by atoms with van der Waals surface area (Å²) in [7, 11) is 1.42. The lowest BCUT2D eigenvalue weighted by Crippen LogP contribution is -2.49. The highest BCUT2D eigenvalue weighted by Gasteiger charge is 2.21. The average molecular weight is 426 g/mol. The maximum absolute atomic E-state index is 13.9. The van der Waals surface area contributed by atoms with Gasteiger partial charge < -0.3 is 4.74 Å². The van der Waals surface area contributed by atoms with Crippen LogP contribution < -0.4 is 16.7 Å². The predicted molar refractivity (Wildman–Crippen MR) is 119 cm³/mol. The van der Waals surface area contributed by atoms with Crippen LogP contribution in [-0.2, 0) is 17.8 Å². The van der Waals surface area contributed by atoms with E-state index < -0.39 is 6.03 Å². The molecule has 0 saturated carbocycles. The van der Waals surface area contributed by atoms with Gasteiger partial charge in [-0.3, -0.25) is 5.01 Å². The van der Waals surface area contributed by atoms with Crippen molar-refractivity contribution in [2.75, 3.05) is 12.1 Å². The Labute approximate surface area is 180 Å². The number of rotatable bonds is 5. The summed E-state index contributed by atoms with van der Waals surface area (Å²) >= 11 is 0. The molecular weight excluding hydrogens is 399 g/mol. The zero-order valence-corrected chi connectivity index (χ0v) is 17.9. The SMILES string of the molecule is CCC(=NN=C1CCc2c(F)cccc21)OCc1c(C)cccc1N(N)C(=O)N(C)N. The van der Waals surface area contributed by atoms with Crippen LogP contribution in [0.3, 0.4) is 0 Å². The van der Waals surface area contributed by atoms with Gasteiger partial charge in [0.05, 0.1) is 11.4 Å². The number of nitrogens with zero attached hydrogens (tertiary/aromatic N) is 4. The van der Waals surface area contributed by atoms with Gasteiger partial charge in [-0.15, -0.1) is 5.10 Å². The van der Waals surface area contributed by atoms with Crippen LogP contribution in [0, 0.1) is 12.7 Å². The summed E-state index contributed by atoms with van der Waals surface area (Å²) in [6, 6.07) is 9.85. The molecule has 0 bridgehead atoms. The molecule has 31 heavy (non-hydrogen) atoms. The summed E-state index contributed by atoms with van der Waals surface area (Å²) in [6.07, 6.45) is 1.77. The van der Waals surface area contributed by atoms with E-state index in [1.807, 2.05) is 26.0 Å². The summed E-state index contributed by atoms with van der Waals surface area (Å²) in [4.78, 5) is 12.2. The highest BCUT2D eigenvalue weighted by molar-refractivity contribution is 6.04. The maximum atomic E-state index is 13.9. The molecule has 9 heteroatoms. The van der Waals surface area contributed by atoms with Crippen LogP contribution in [0.2, 0.25) is 0 Å². The standard InChI is InChI=1S/C22H27FN6O2/c1-4-21(27-26-19-12-11-15-16(19)8-6-9-18(15)23)31-13-17-14(2)7-5-10-20(17)29(25)22(30)28(3)24/h5-10H,4,11-13,24-25H2,1-3H3. The Balaban J connectivity index is 1.79. The first-order chi connectivity index (χ1) is 14.8. The minimum atomic E-state index is -0.560. The van der Waals surface area contributed by atoms with Crippen LogP contribution >= 0.6 is 0 Å². The predicted octanol–water partition coefficient (Wildman–Crippen LogP) is 3.42. The minimum Gasteiger partial charge on any atom is -0.475 e. The molecule has 2 aromatic carbocycles. The van der Waals surface area contributed by atoms with Gasteiger partial charge in [0, 0.05) is 24.6 Å². The molecule has 2 aromatic rings. The number of urea groups is 1. The lowest BCUT2D eigenvalue weighted by molar-refractivity contribution is 0.216. The zero-order chi connectivity index (χ0) is 22.5. The van der Waals surface area contributed by atoms with E-state index in [4.69, 9.17) is 16.4 Å². The summed E-state index contributed by atoms with van der Waals surface area (Å²) in [5.41, 5.74) is 4.35. The molecule has 0 aliphatic heterocycles. The minimum absolute atomic E-state index is 0.153. The van der Waals surface area contributed by atoms with E-state index in [9.17, 15) is 9.18 Å². The fourth-order valence-electron chi connectivity index (χ4n) is 3.41. The first kappa shape index (κ1) is 22.4. The van der Waals surface area contributed by atoms with Gasteiger partial charge in [-0.2, -0.15) is 5.10 Å². The van der Waals surface area contributed by atoms with Crippen molar-refractivity contribution in [3.8, 4) is 0 Å². The van der Waals surface area contributed by atoms with Gasteiger partial charge in [-0.05, 0) is 43.0 Å². The molecule has 0 spiro atoms. The highest BCUT2D eigenvalue weighted by Crippen LogP contribution is 2.26. The second-order valence-electron chi connectivity index (χ2n) is 7.28. The topological polar surface area (TPSA) is 110 Å². The molecule has 4 N–H and O–H groups in total. The van der Waals surface area contributed by atoms with Crippen LogP contribution in [0.4, 0.5) is 14.9 Å². The number of nitrogens with two attached hydrogens (primary N) is 2. The van der Waals surface area contributed by atoms with Crippen LogP contribution in [0.1, 0.15) is 42.0 Å². The molecule has 164 valence electrons. The maximum Gasteiger partial charge on any atom is 0.352 e. The Morgan fingerprint density at radius 1 is 1.19 bits per heavy atom. The number of aryl methyl sites for hydroxylation is 1. The zero-order valence-electron chi connectivity index (χ0n) is 17.9. The Bertz CT molecular complexity index is 1030. The lowest BCUT2D eigenvalue weighted by Gasteiger charge is -2.24. The van der Waals surface area contributed by atoms with E-state index in [-0.39, 0.29) is 12.4 Å². The number of hydrazine groups is 2. The van der Waals surface area contributed by atoms with Gasteiger partial charge in [0.2, 0.25) is 5.90 Å². The van der Waals surface area contributed by atoms with Crippen molar-refractivity contribution >= 4 is 23.3 Å². The Morgan fingerprint density at radius 2 is 1.94 bits per heavy atom. The third-order valence-corrected chi connectivity index (χ3v) is 5.16. The van der Waals surface area contributed by atoms with E-state index in [0.717, 1.165) is 32.4 Å². The van der Waals surface area contributed by atoms with Crippen molar-refractivity contribution in [1.82, 2.24) is 5.01 Å². The van der Waals surface area contributed by atoms with Crippen molar-refractivity contribution in [1.29, 1.82) is 0 Å². The van der Waals surface area contributed by atoms with Crippen LogP contribution in [0.25, 0.3) is 0 Å². The number of amides is 2. The van der Waals surface area contributed by atoms with Gasteiger partial charge in [0.1, 0.15) is 12.4 Å². The van der Waals surface area contributed by atoms with Crippen molar-refractivity contribution in [3.63, 3.8) is 0 Å². The molecule has 0 aromatic heterocycles. The fourth-order valence-corrected chi connectivity index (χ4v) is 3.41. The molecule has 0 saturated heterocycles. The van der Waals surface area contributed by atoms with Crippen LogP contribution in [0.5, 0.6) is 0 Å². The molecule has 0 heterocycles. The molecule has 1 aliphatic carbocycles. The molecule has 1 aliphatic rings. The third kappa shape index (κ3) is 4.89. The lowest BCUT2D eigenvalue weighted by atomic mass is 10.1. The van der Waals surface area contributed by atoms with E-state index in [0.29, 0.717) is 36.4 Å². The normalized spacial score (nSPS) is 14.5. The number of hydrogen-bond donors (Lipinski definition) is 2. The first-order valence-electron chi connectivity index (χ1n) is 10.0. The van der Waals surface area contributed by atoms with Crippen molar-refractivity contribution < 1.29 is 13.9 Å². The molecule has 0 unspecified atom stereocenters. The van der Waals surface area contributed by atoms with Gasteiger partial charge >= 0.3 is 6.03 Å². The summed E-state index contributed by atoms with van der Waals surface area (Å²) < 4.78 is 19.8. The summed E-state index contributed by atoms with van der Waals surface area (Å²) in [5, 5.41) is 10.5. The molecule has 8 nitrogen and oxygen atoms in total. The molecular formula is C22H27FN6O2. The second-order valence-corrected chi connectivity index (χ2v) is 7.28. The number of anilines is 1. The number of hydrogen-bond acceptors (Lipinski definition) is 6. The number of benzene rings is 2. The van der Waals surface area contributed by atoms with Crippen molar-refractivity contribution in [2.45, 2.75) is 39.7 Å². The fraction of sp³-hybridized carbons (Fsp3) is 0.318. The first-order valence-corrected chi connectivity index (χ1v) is 10.0. The average Bonchev–Trinajstić information content (AvgIpc) is 3.18. The largest absolute Gasteiger partial charge is 0.475 e. The second kappa shape index (κ2) is 9.67. The third-order valence-electron chi connectivity index (χ3n) is 5.16. The van der Waals surface area contributed by atoms with Gasteiger partial charge in [-0.1, -0.05) is 31.2 Å². The van der Waals surface area contributed by atoms with E-state index in [2.05, 4.69) is 10.2 Å². The highest BCUT2D eigenvalue weighted by atomic mass is 19.1. The Kier molecular flexibility index (Phi) is 6.98. The quantitative estimate of drug-likeness (QED) is 0.251. The molecule has 0 radical (unpaired) electrons. The van der Waals surface area contributed by atoms with Gasteiger partial charge in [0.25, 0.3) is 0 Å². The number of carbonyl (C=O) groups excluding carboxylic acids is 1. The number of fused-ring (bicyclic) bond motifs is 1. The Hall–Kier alpha value is -3.30. The summed E-state index contributed by atoms with van der Waals surface area (Å²) in [5.74, 6) is 11.7. The van der Waals surface area contributed by atoms with Crippen molar-refractivity contribution in [2.24, 2.45) is 21.9 Å². The van der Waals surface area contributed by atoms with Gasteiger partial charge in [-0.25, -0.2) is 25.9 Å². The van der Waals surface area contributed by atoms with E-state index in [1.165, 1.54) is 13.1 Å². The van der Waals surface area contributed by atoms with Crippen molar-refractivity contribution in [3.05, 3.63) is 64.5 Å². The van der Waals surface area contributed by atoms with Crippen LogP contribution in [-0.4, -0.2) is 29.7 Å². The summed E-state index contributed by atoms with van der Waals surface area (Å²) in [6.45, 7) is 3.96. The number of ether oxygens (including phenoxy) is 1. The molecule has 0 atom stereocenters. The van der Waals surface area contributed by atoms with Gasteiger partial charge in [0.15, 0.2) is 0 Å². The monoisotopic (exact) mass is 426 g/mol. The molecule has 2 amide bonds. The molecule has 3 rings (SSSR count). The van der Waals surface area contributed by atoms with E-state index in [1.54, 1.807) is 18.2 Å². The van der Waals surface area contributed by atoms with E-state index >= 15 is 0 Å². The number of halogens is 1. The Morgan fingerprint density at radius 3 is 2.65 bits per heavy atom. The number of carbonyl (C=O) groups is 1. The van der Waals surface area contributed by atoms with Crippen LogP contribution in [0.15, 0.2) is 46.6 Å². The molecule has 0 fully saturated rings.